The van der Waals surface area contributed by atoms with E-state index < -0.39 is 8.07 Å². The van der Waals surface area contributed by atoms with Crippen LogP contribution in [0.3, 0.4) is 0 Å². The molecule has 24 heavy (non-hydrogen) atoms. The molecule has 4 nitrogen and oxygen atoms in total. The van der Waals surface area contributed by atoms with Crippen LogP contribution in [0.2, 0.25) is 25.7 Å². The lowest BCUT2D eigenvalue weighted by Crippen LogP contribution is -2.22. The summed E-state index contributed by atoms with van der Waals surface area (Å²) in [5, 5.41) is 4.81. The predicted octanol–water partition coefficient (Wildman–Crippen LogP) is 5.29. The normalized spacial score (nSPS) is 12.2. The minimum Gasteiger partial charge on any atom is -0.360 e. The summed E-state index contributed by atoms with van der Waals surface area (Å²) in [6, 6.07) is 7.25. The van der Waals surface area contributed by atoms with Crippen LogP contribution in [0.4, 0.5) is 0 Å². The zero-order valence-electron chi connectivity index (χ0n) is 15.6. The third kappa shape index (κ3) is 5.13. The largest absolute Gasteiger partial charge is 0.360 e. The number of rotatable bonds is 7. The summed E-state index contributed by atoms with van der Waals surface area (Å²) in [4.78, 5) is 4.63. The van der Waals surface area contributed by atoms with Gasteiger partial charge in [-0.25, -0.2) is 4.68 Å². The molecule has 0 N–H and O–H groups in total. The Labute approximate surface area is 160 Å². The van der Waals surface area contributed by atoms with Gasteiger partial charge >= 0.3 is 0 Å². The number of nitrogens with zero attached hydrogens (tertiary/aromatic N) is 3. The number of pyridine rings is 1. The summed E-state index contributed by atoms with van der Waals surface area (Å²) in [7, 11) is -1.06. The fourth-order valence-electron chi connectivity index (χ4n) is 2.47. The van der Waals surface area contributed by atoms with Crippen molar-refractivity contribution in [2.75, 3.05) is 6.61 Å². The van der Waals surface area contributed by atoms with Gasteiger partial charge in [0, 0.05) is 20.4 Å². The fourth-order valence-corrected chi connectivity index (χ4v) is 4.51. The van der Waals surface area contributed by atoms with Crippen LogP contribution in [0, 0.1) is 10.5 Å². The van der Waals surface area contributed by atoms with Gasteiger partial charge in [-0.2, -0.15) is 5.10 Å². The third-order valence-electron chi connectivity index (χ3n) is 3.82. The molecular weight excluding hydrogens is 429 g/mol. The van der Waals surface area contributed by atoms with Crippen LogP contribution in [0.1, 0.15) is 31.2 Å². The lowest BCUT2D eigenvalue weighted by atomic mass is 10.1. The molecule has 0 bridgehead atoms. The smallest absolute Gasteiger partial charge is 0.139 e. The molecule has 0 radical (unpaired) electrons. The van der Waals surface area contributed by atoms with Crippen molar-refractivity contribution >= 4 is 30.7 Å². The van der Waals surface area contributed by atoms with Gasteiger partial charge in [-0.15, -0.1) is 0 Å². The van der Waals surface area contributed by atoms with Gasteiger partial charge in [0.1, 0.15) is 12.4 Å². The summed E-state index contributed by atoms with van der Waals surface area (Å²) < 4.78 is 9.11. The zero-order chi connectivity index (χ0) is 17.9. The Bertz CT molecular complexity index is 692. The van der Waals surface area contributed by atoms with E-state index in [4.69, 9.17) is 9.84 Å². The zero-order valence-corrected chi connectivity index (χ0v) is 18.7. The van der Waals surface area contributed by atoms with Crippen LogP contribution in [0.25, 0.3) is 11.4 Å². The highest BCUT2D eigenvalue weighted by molar-refractivity contribution is 14.1. The fraction of sp³-hybridized carbons (Fsp3) is 0.556. The number of aromatic nitrogens is 3. The predicted molar refractivity (Wildman–Crippen MR) is 111 cm³/mol. The molecule has 0 aliphatic rings. The summed E-state index contributed by atoms with van der Waals surface area (Å²) >= 11 is 2.39. The van der Waals surface area contributed by atoms with E-state index in [1.54, 1.807) is 0 Å². The van der Waals surface area contributed by atoms with Gasteiger partial charge in [0.25, 0.3) is 0 Å². The Morgan fingerprint density at radius 1 is 1.25 bits per heavy atom. The second-order valence-corrected chi connectivity index (χ2v) is 14.4. The van der Waals surface area contributed by atoms with E-state index >= 15 is 0 Å². The van der Waals surface area contributed by atoms with E-state index in [1.165, 1.54) is 15.3 Å². The van der Waals surface area contributed by atoms with E-state index in [9.17, 15) is 0 Å². The second kappa shape index (κ2) is 8.10. The molecule has 6 heteroatoms. The highest BCUT2D eigenvalue weighted by atomic mass is 127. The van der Waals surface area contributed by atoms with Gasteiger partial charge in [0.05, 0.1) is 15.0 Å². The van der Waals surface area contributed by atoms with Gasteiger partial charge in [-0.1, -0.05) is 39.6 Å². The molecule has 0 unspecified atom stereocenters. The van der Waals surface area contributed by atoms with Crippen molar-refractivity contribution in [2.45, 2.75) is 59.1 Å². The maximum atomic E-state index is 5.93. The van der Waals surface area contributed by atoms with Crippen molar-refractivity contribution < 1.29 is 4.74 Å². The number of halogens is 1. The number of aryl methyl sites for hydroxylation is 1. The average Bonchev–Trinajstić information content (AvgIpc) is 2.79. The summed E-state index contributed by atoms with van der Waals surface area (Å²) in [6.07, 6.45) is 0. The molecule has 2 aromatic heterocycles. The average molecular weight is 457 g/mol. The summed E-state index contributed by atoms with van der Waals surface area (Å²) in [5.74, 6) is 0.392. The van der Waals surface area contributed by atoms with E-state index in [0.717, 1.165) is 23.7 Å². The summed E-state index contributed by atoms with van der Waals surface area (Å²) in [5.41, 5.74) is 4.12. The van der Waals surface area contributed by atoms with E-state index in [0.29, 0.717) is 12.6 Å². The Hall–Kier alpha value is -0.733. The topological polar surface area (TPSA) is 39.9 Å². The van der Waals surface area contributed by atoms with E-state index in [-0.39, 0.29) is 0 Å². The minimum absolute atomic E-state index is 0.392. The number of hydrogen-bond donors (Lipinski definition) is 0. The van der Waals surface area contributed by atoms with Crippen molar-refractivity contribution in [1.82, 2.24) is 14.8 Å². The standard InChI is InChI=1S/C18H28IN3OSi/c1-13(2)18-16(19)17(15-9-7-8-14(3)20-15)21-22(18)12-23-10-11-24(4,5)6/h7-9,13H,10-12H2,1-6H3. The van der Waals surface area contributed by atoms with Gasteiger partial charge in [0.15, 0.2) is 0 Å². The Balaban J connectivity index is 2.23. The maximum absolute atomic E-state index is 5.93. The van der Waals surface area contributed by atoms with Crippen LogP contribution in [-0.2, 0) is 11.5 Å². The van der Waals surface area contributed by atoms with Gasteiger partial charge in [-0.3, -0.25) is 4.98 Å². The van der Waals surface area contributed by atoms with Crippen LogP contribution in [0.15, 0.2) is 18.2 Å². The number of ether oxygens (including phenoxy) is 1. The van der Waals surface area contributed by atoms with Crippen LogP contribution < -0.4 is 0 Å². The first kappa shape index (κ1) is 19.6. The quantitative estimate of drug-likeness (QED) is 0.322. The summed E-state index contributed by atoms with van der Waals surface area (Å²) in [6.45, 7) is 14.8. The second-order valence-electron chi connectivity index (χ2n) is 7.71. The van der Waals surface area contributed by atoms with Gasteiger partial charge < -0.3 is 4.74 Å². The van der Waals surface area contributed by atoms with E-state index in [1.807, 2.05) is 29.8 Å². The van der Waals surface area contributed by atoms with Crippen LogP contribution in [0.5, 0.6) is 0 Å². The van der Waals surface area contributed by atoms with Crippen LogP contribution in [-0.4, -0.2) is 29.4 Å². The molecule has 132 valence electrons. The molecule has 0 fully saturated rings. The first-order chi connectivity index (χ1) is 11.2. The molecule has 2 aromatic rings. The van der Waals surface area contributed by atoms with Crippen molar-refractivity contribution in [2.24, 2.45) is 0 Å². The third-order valence-corrected chi connectivity index (χ3v) is 6.59. The van der Waals surface area contributed by atoms with Crippen molar-refractivity contribution in [1.29, 1.82) is 0 Å². The lowest BCUT2D eigenvalue weighted by molar-refractivity contribution is 0.0760. The molecule has 0 spiro atoms. The monoisotopic (exact) mass is 457 g/mol. The first-order valence-electron chi connectivity index (χ1n) is 8.47. The van der Waals surface area contributed by atoms with E-state index in [2.05, 4.69) is 61.1 Å². The molecule has 0 aromatic carbocycles. The lowest BCUT2D eigenvalue weighted by Gasteiger charge is -2.16. The molecule has 0 saturated carbocycles. The number of hydrogen-bond acceptors (Lipinski definition) is 3. The van der Waals surface area contributed by atoms with Crippen molar-refractivity contribution in [3.05, 3.63) is 33.2 Å². The Morgan fingerprint density at radius 3 is 2.54 bits per heavy atom. The highest BCUT2D eigenvalue weighted by Crippen LogP contribution is 2.30. The molecule has 2 heterocycles. The molecule has 0 aliphatic heterocycles. The molecule has 0 amide bonds. The highest BCUT2D eigenvalue weighted by Gasteiger charge is 2.20. The minimum atomic E-state index is -1.06. The molecular formula is C18H28IN3OSi. The van der Waals surface area contributed by atoms with Crippen molar-refractivity contribution in [3.8, 4) is 11.4 Å². The van der Waals surface area contributed by atoms with Crippen molar-refractivity contribution in [3.63, 3.8) is 0 Å². The molecule has 0 saturated heterocycles. The van der Waals surface area contributed by atoms with Crippen LogP contribution >= 0.6 is 22.6 Å². The molecule has 0 aliphatic carbocycles. The Kier molecular flexibility index (Phi) is 6.61. The van der Waals surface area contributed by atoms with Gasteiger partial charge in [-0.05, 0) is 53.6 Å². The SMILES string of the molecule is Cc1cccc(-c2nn(COCC[Si](C)(C)C)c(C(C)C)c2I)n1. The first-order valence-corrected chi connectivity index (χ1v) is 13.3. The van der Waals surface area contributed by atoms with Gasteiger partial charge in [0.2, 0.25) is 0 Å². The Morgan fingerprint density at radius 2 is 1.96 bits per heavy atom. The maximum Gasteiger partial charge on any atom is 0.139 e. The molecule has 0 atom stereocenters. The molecule has 2 rings (SSSR count).